The lowest BCUT2D eigenvalue weighted by Crippen LogP contribution is -2.26. The van der Waals surface area contributed by atoms with Crippen LogP contribution in [0.25, 0.3) is 0 Å². The Morgan fingerprint density at radius 2 is 2.17 bits per heavy atom. The number of methoxy groups -OCH3 is 1. The summed E-state index contributed by atoms with van der Waals surface area (Å²) >= 11 is 1.25. The maximum absolute atomic E-state index is 12.4. The summed E-state index contributed by atoms with van der Waals surface area (Å²) in [6, 6.07) is 7.71. The van der Waals surface area contributed by atoms with Gasteiger partial charge in [-0.2, -0.15) is 0 Å². The molecule has 1 unspecified atom stereocenters. The summed E-state index contributed by atoms with van der Waals surface area (Å²) < 4.78 is 5.30. The first-order chi connectivity index (χ1) is 11.6. The molecule has 2 aliphatic heterocycles. The summed E-state index contributed by atoms with van der Waals surface area (Å²) in [6.07, 6.45) is 1.91. The Hall–Kier alpha value is -2.41. The van der Waals surface area contributed by atoms with E-state index in [1.165, 1.54) is 18.1 Å². The van der Waals surface area contributed by atoms with Crippen LogP contribution >= 0.6 is 11.8 Å². The molecule has 2 amide bonds. The molecule has 0 saturated heterocycles. The van der Waals surface area contributed by atoms with E-state index in [1.54, 1.807) is 14.0 Å². The number of nitrogens with zero attached hydrogens (tertiary/aromatic N) is 2. The third-order valence-corrected chi connectivity index (χ3v) is 5.20. The summed E-state index contributed by atoms with van der Waals surface area (Å²) in [5.41, 5.74) is 1.75. The van der Waals surface area contributed by atoms with Gasteiger partial charge in [0.2, 0.25) is 0 Å². The molecule has 124 valence electrons. The normalized spacial score (nSPS) is 19.2. The van der Waals surface area contributed by atoms with E-state index in [2.05, 4.69) is 15.3 Å². The number of carbonyl (C=O) groups excluding carboxylic acids is 2. The summed E-state index contributed by atoms with van der Waals surface area (Å²) in [4.78, 5) is 32.6. The first-order valence-corrected chi connectivity index (χ1v) is 8.36. The second-order valence-corrected chi connectivity index (χ2v) is 6.45. The van der Waals surface area contributed by atoms with Crippen LogP contribution in [0.3, 0.4) is 0 Å². The minimum Gasteiger partial charge on any atom is -0.496 e. The molecule has 24 heavy (non-hydrogen) atoms. The molecule has 0 spiro atoms. The number of aliphatic imine (C=N–C) groups is 2. The Labute approximate surface area is 144 Å². The zero-order valence-corrected chi connectivity index (χ0v) is 14.2. The van der Waals surface area contributed by atoms with Gasteiger partial charge in [-0.3, -0.25) is 9.59 Å². The number of fused-ring (bicyclic) bond motifs is 1. The van der Waals surface area contributed by atoms with Crippen LogP contribution in [0.5, 0.6) is 5.75 Å². The number of nitrogens with one attached hydrogen (secondary N) is 1. The fourth-order valence-electron chi connectivity index (χ4n) is 2.70. The van der Waals surface area contributed by atoms with E-state index in [0.29, 0.717) is 22.9 Å². The molecule has 1 aromatic rings. The van der Waals surface area contributed by atoms with Gasteiger partial charge in [0.25, 0.3) is 11.8 Å². The standard InChI is InChI=1S/C17H17N3O3S/c1-10-13-15(21)19-9-20-17(13)24-14(10)16(22)18-8-7-11-5-3-4-6-12(11)23-2/h3-6,9,13H,7-8H2,1-2H3,(H,18,22). The first kappa shape index (κ1) is 16.4. The largest absolute Gasteiger partial charge is 0.496 e. The Balaban J connectivity index is 1.63. The molecule has 0 radical (unpaired) electrons. The zero-order valence-electron chi connectivity index (χ0n) is 13.4. The summed E-state index contributed by atoms with van der Waals surface area (Å²) in [5.74, 6) is -0.130. The number of benzene rings is 1. The second-order valence-electron chi connectivity index (χ2n) is 5.42. The van der Waals surface area contributed by atoms with Gasteiger partial charge in [-0.05, 0) is 30.5 Å². The molecule has 2 heterocycles. The smallest absolute Gasteiger partial charge is 0.261 e. The third kappa shape index (κ3) is 3.12. The number of amides is 2. The SMILES string of the molecule is COc1ccccc1CCNC(=O)C1=C(C)C2C(=O)N=CN=C2S1. The quantitative estimate of drug-likeness (QED) is 0.886. The Morgan fingerprint density at radius 1 is 1.38 bits per heavy atom. The van der Waals surface area contributed by atoms with Gasteiger partial charge in [0.15, 0.2) is 0 Å². The molecule has 0 fully saturated rings. The van der Waals surface area contributed by atoms with Gasteiger partial charge in [-0.15, -0.1) is 0 Å². The number of thioether (sulfide) groups is 1. The van der Waals surface area contributed by atoms with E-state index in [-0.39, 0.29) is 11.8 Å². The van der Waals surface area contributed by atoms with Crippen molar-refractivity contribution in [3.05, 3.63) is 40.3 Å². The molecular weight excluding hydrogens is 326 g/mol. The molecule has 0 saturated carbocycles. The van der Waals surface area contributed by atoms with E-state index in [4.69, 9.17) is 4.74 Å². The Morgan fingerprint density at radius 3 is 2.92 bits per heavy atom. The predicted octanol–water partition coefficient (Wildman–Crippen LogP) is 1.96. The molecule has 0 bridgehead atoms. The summed E-state index contributed by atoms with van der Waals surface area (Å²) in [6.45, 7) is 2.27. The van der Waals surface area contributed by atoms with Crippen molar-refractivity contribution in [2.75, 3.05) is 13.7 Å². The van der Waals surface area contributed by atoms with Crippen molar-refractivity contribution in [3.63, 3.8) is 0 Å². The molecule has 7 heteroatoms. The monoisotopic (exact) mass is 343 g/mol. The molecule has 2 aliphatic rings. The van der Waals surface area contributed by atoms with Gasteiger partial charge < -0.3 is 10.1 Å². The molecule has 6 nitrogen and oxygen atoms in total. The van der Waals surface area contributed by atoms with Crippen LogP contribution in [-0.2, 0) is 16.0 Å². The summed E-state index contributed by atoms with van der Waals surface area (Å²) in [7, 11) is 1.63. The van der Waals surface area contributed by atoms with Gasteiger partial charge in [0, 0.05) is 6.54 Å². The van der Waals surface area contributed by atoms with Crippen LogP contribution in [-0.4, -0.2) is 36.9 Å². The average Bonchev–Trinajstić information content (AvgIpc) is 2.93. The highest BCUT2D eigenvalue weighted by molar-refractivity contribution is 8.18. The number of hydrogen-bond acceptors (Lipinski definition) is 5. The highest BCUT2D eigenvalue weighted by Gasteiger charge is 2.38. The van der Waals surface area contributed by atoms with Gasteiger partial charge in [-0.25, -0.2) is 9.98 Å². The van der Waals surface area contributed by atoms with Crippen molar-refractivity contribution < 1.29 is 14.3 Å². The van der Waals surface area contributed by atoms with E-state index in [1.807, 2.05) is 24.3 Å². The van der Waals surface area contributed by atoms with Gasteiger partial charge in [0.05, 0.1) is 17.1 Å². The highest BCUT2D eigenvalue weighted by Crippen LogP contribution is 2.39. The zero-order chi connectivity index (χ0) is 17.1. The lowest BCUT2D eigenvalue weighted by atomic mass is 10.00. The number of ether oxygens (including phenoxy) is 1. The van der Waals surface area contributed by atoms with E-state index >= 15 is 0 Å². The van der Waals surface area contributed by atoms with Crippen LogP contribution in [0, 0.1) is 5.92 Å². The number of rotatable bonds is 5. The number of para-hydroxylation sites is 1. The fraction of sp³-hybridized carbons (Fsp3) is 0.294. The average molecular weight is 343 g/mol. The van der Waals surface area contributed by atoms with Crippen molar-refractivity contribution in [2.24, 2.45) is 15.9 Å². The Kier molecular flexibility index (Phi) is 4.80. The lowest BCUT2D eigenvalue weighted by molar-refractivity contribution is -0.118. The molecule has 1 aromatic carbocycles. The van der Waals surface area contributed by atoms with Crippen molar-refractivity contribution in [2.45, 2.75) is 13.3 Å². The van der Waals surface area contributed by atoms with Crippen molar-refractivity contribution in [1.82, 2.24) is 5.32 Å². The lowest BCUT2D eigenvalue weighted by Gasteiger charge is -2.10. The molecule has 0 aromatic heterocycles. The molecule has 3 rings (SSSR count). The van der Waals surface area contributed by atoms with Crippen molar-refractivity contribution in [3.8, 4) is 5.75 Å². The third-order valence-electron chi connectivity index (χ3n) is 3.94. The fourth-order valence-corrected chi connectivity index (χ4v) is 3.84. The van der Waals surface area contributed by atoms with E-state index in [9.17, 15) is 9.59 Å². The summed E-state index contributed by atoms with van der Waals surface area (Å²) in [5, 5.41) is 3.53. The predicted molar refractivity (Wildman–Crippen MR) is 94.4 cm³/mol. The first-order valence-electron chi connectivity index (χ1n) is 7.54. The van der Waals surface area contributed by atoms with Gasteiger partial charge in [-0.1, -0.05) is 30.0 Å². The molecule has 0 aliphatic carbocycles. The van der Waals surface area contributed by atoms with Crippen LogP contribution < -0.4 is 10.1 Å². The second kappa shape index (κ2) is 7.00. The maximum Gasteiger partial charge on any atom is 0.261 e. The topological polar surface area (TPSA) is 80.1 Å². The van der Waals surface area contributed by atoms with Crippen molar-refractivity contribution in [1.29, 1.82) is 0 Å². The van der Waals surface area contributed by atoms with E-state index in [0.717, 1.165) is 16.9 Å². The number of hydrogen-bond donors (Lipinski definition) is 1. The van der Waals surface area contributed by atoms with Crippen LogP contribution in [0.15, 0.2) is 44.7 Å². The van der Waals surface area contributed by atoms with Crippen molar-refractivity contribution >= 4 is 35.0 Å². The minimum absolute atomic E-state index is 0.183. The van der Waals surface area contributed by atoms with Gasteiger partial charge in [0.1, 0.15) is 18.0 Å². The Bertz CT molecular complexity index is 783. The maximum atomic E-state index is 12.4. The minimum atomic E-state index is -0.491. The molecule has 1 N–H and O–H groups in total. The molecular formula is C17H17N3O3S. The van der Waals surface area contributed by atoms with Crippen LogP contribution in [0.2, 0.25) is 0 Å². The van der Waals surface area contributed by atoms with Crippen LogP contribution in [0.4, 0.5) is 0 Å². The highest BCUT2D eigenvalue weighted by atomic mass is 32.2. The number of carbonyl (C=O) groups is 2. The van der Waals surface area contributed by atoms with Crippen LogP contribution in [0.1, 0.15) is 12.5 Å². The van der Waals surface area contributed by atoms with Gasteiger partial charge >= 0.3 is 0 Å². The van der Waals surface area contributed by atoms with E-state index < -0.39 is 5.92 Å². The molecule has 1 atom stereocenters.